The van der Waals surface area contributed by atoms with Crippen LogP contribution in [0.1, 0.15) is 75.3 Å². The molecule has 5 nitrogen and oxygen atoms in total. The fourth-order valence-electron chi connectivity index (χ4n) is 5.73. The van der Waals surface area contributed by atoms with Crippen LogP contribution in [-0.4, -0.2) is 22.6 Å². The maximum Gasteiger partial charge on any atom is 0.259 e. The lowest BCUT2D eigenvalue weighted by atomic mass is 10.00. The molecule has 202 valence electrons. The highest BCUT2D eigenvalue weighted by Crippen LogP contribution is 2.36. The second-order valence-electron chi connectivity index (χ2n) is 10.4. The molecule has 0 radical (unpaired) electrons. The fraction of sp³-hybridized carbons (Fsp3) is 0.438. The monoisotopic (exact) mass is 532 g/mol. The molecule has 0 amide bonds. The van der Waals surface area contributed by atoms with E-state index in [2.05, 4.69) is 29.6 Å². The minimum Gasteiger partial charge on any atom is -0.330 e. The summed E-state index contributed by atoms with van der Waals surface area (Å²) in [4.78, 5) is 18.3. The predicted octanol–water partition coefficient (Wildman–Crippen LogP) is 6.95. The lowest BCUT2D eigenvalue weighted by Crippen LogP contribution is -2.20. The topological polar surface area (TPSA) is 72.9 Å². The zero-order chi connectivity index (χ0) is 25.5. The molecule has 38 heavy (non-hydrogen) atoms. The molecule has 0 saturated carbocycles. The van der Waals surface area contributed by atoms with Gasteiger partial charge in [0.1, 0.15) is 0 Å². The molecule has 1 aliphatic heterocycles. The quantitative estimate of drug-likeness (QED) is 0.152. The van der Waals surface area contributed by atoms with E-state index >= 15 is 0 Å². The summed E-state index contributed by atoms with van der Waals surface area (Å²) in [5, 5.41) is 6.64. The van der Waals surface area contributed by atoms with Crippen molar-refractivity contribution in [3.05, 3.63) is 76.1 Å². The lowest BCUT2D eigenvalue weighted by Gasteiger charge is -2.13. The number of unbranched alkanes of at least 4 members (excludes halogenated alkanes) is 9. The number of pyridine rings is 2. The van der Waals surface area contributed by atoms with Crippen molar-refractivity contribution < 1.29 is 0 Å². The number of nitrogens with zero attached hydrogens (tertiary/aromatic N) is 2. The van der Waals surface area contributed by atoms with Gasteiger partial charge in [-0.05, 0) is 55.1 Å². The van der Waals surface area contributed by atoms with Crippen LogP contribution < -0.4 is 16.6 Å². The number of nitrogens with two attached hydrogens (primary N) is 1. The Hall–Kier alpha value is -2.73. The van der Waals surface area contributed by atoms with Crippen LogP contribution in [0.25, 0.3) is 33.1 Å². The molecule has 0 spiro atoms. The fourth-order valence-corrected chi connectivity index (χ4v) is 5.73. The van der Waals surface area contributed by atoms with Crippen molar-refractivity contribution in [1.29, 1.82) is 0 Å². The van der Waals surface area contributed by atoms with Crippen molar-refractivity contribution >= 4 is 34.1 Å². The number of benzene rings is 2. The maximum absolute atomic E-state index is 13.3. The predicted molar refractivity (Wildman–Crippen MR) is 162 cm³/mol. The summed E-state index contributed by atoms with van der Waals surface area (Å²) < 4.78 is 1.90. The van der Waals surface area contributed by atoms with E-state index in [1.807, 2.05) is 34.9 Å². The van der Waals surface area contributed by atoms with Crippen LogP contribution in [0.2, 0.25) is 0 Å². The van der Waals surface area contributed by atoms with Crippen molar-refractivity contribution in [2.75, 3.05) is 13.1 Å². The lowest BCUT2D eigenvalue weighted by molar-refractivity contribution is 0.541. The van der Waals surface area contributed by atoms with E-state index in [0.717, 1.165) is 47.3 Å². The molecular weight excluding hydrogens is 492 g/mol. The van der Waals surface area contributed by atoms with E-state index in [1.165, 1.54) is 80.7 Å². The minimum absolute atomic E-state index is 0. The Bertz CT molecular complexity index is 1410. The Labute approximate surface area is 232 Å². The molecule has 2 aromatic carbocycles. The number of aromatic nitrogens is 2. The van der Waals surface area contributed by atoms with Gasteiger partial charge >= 0.3 is 0 Å². The number of hydrogen-bond acceptors (Lipinski definition) is 4. The van der Waals surface area contributed by atoms with E-state index in [-0.39, 0.29) is 18.0 Å². The van der Waals surface area contributed by atoms with Gasteiger partial charge in [-0.25, -0.2) is 4.98 Å². The number of fused-ring (bicyclic) bond motifs is 5. The van der Waals surface area contributed by atoms with Gasteiger partial charge in [0.2, 0.25) is 0 Å². The van der Waals surface area contributed by atoms with Crippen molar-refractivity contribution in [3.8, 4) is 11.4 Å². The third-order valence-electron chi connectivity index (χ3n) is 7.80. The largest absolute Gasteiger partial charge is 0.330 e. The van der Waals surface area contributed by atoms with Crippen LogP contribution in [0, 0.1) is 0 Å². The van der Waals surface area contributed by atoms with E-state index in [1.54, 1.807) is 0 Å². The highest BCUT2D eigenvalue weighted by molar-refractivity contribution is 5.91. The van der Waals surface area contributed by atoms with Crippen molar-refractivity contribution in [2.45, 2.75) is 77.3 Å². The summed E-state index contributed by atoms with van der Waals surface area (Å²) >= 11 is 0. The summed E-state index contributed by atoms with van der Waals surface area (Å²) in [7, 11) is 0. The first kappa shape index (κ1) is 28.3. The van der Waals surface area contributed by atoms with Crippen molar-refractivity contribution in [1.82, 2.24) is 14.9 Å². The smallest absolute Gasteiger partial charge is 0.259 e. The first-order chi connectivity index (χ1) is 18.3. The van der Waals surface area contributed by atoms with Crippen LogP contribution >= 0.6 is 12.4 Å². The molecule has 0 saturated heterocycles. The van der Waals surface area contributed by atoms with Gasteiger partial charge in [0.15, 0.2) is 0 Å². The van der Waals surface area contributed by atoms with Gasteiger partial charge in [-0.15, -0.1) is 12.4 Å². The first-order valence-corrected chi connectivity index (χ1v) is 14.2. The van der Waals surface area contributed by atoms with Gasteiger partial charge in [0, 0.05) is 22.9 Å². The molecule has 0 fully saturated rings. The highest BCUT2D eigenvalue weighted by atomic mass is 35.5. The molecule has 4 aromatic rings. The van der Waals surface area contributed by atoms with Crippen LogP contribution in [0.3, 0.4) is 0 Å². The Morgan fingerprint density at radius 1 is 0.816 bits per heavy atom. The second-order valence-corrected chi connectivity index (χ2v) is 10.4. The molecule has 3 N–H and O–H groups in total. The standard InChI is InChI=1S/C32H40N4O.ClH/c33-19-13-7-5-3-1-2-4-6-8-14-20-34-22-27-26-17-11-12-18-29(26)35-31-28(27)23-36-30(31)21-24-15-9-10-16-25(24)32(36)37;/h9-12,15-18,21,34H,1-8,13-14,19-20,22-23,33H2;1H. The molecule has 1 aliphatic rings. The van der Waals surface area contributed by atoms with Gasteiger partial charge in [-0.3, -0.25) is 4.79 Å². The van der Waals surface area contributed by atoms with Crippen LogP contribution in [0.15, 0.2) is 59.4 Å². The summed E-state index contributed by atoms with van der Waals surface area (Å²) in [5.41, 5.74) is 11.0. The molecule has 2 aromatic heterocycles. The normalized spacial score (nSPS) is 12.0. The van der Waals surface area contributed by atoms with Crippen LogP contribution in [0.5, 0.6) is 0 Å². The Morgan fingerprint density at radius 2 is 1.45 bits per heavy atom. The van der Waals surface area contributed by atoms with Crippen LogP contribution in [-0.2, 0) is 13.1 Å². The second kappa shape index (κ2) is 13.9. The Balaban J connectivity index is 0.00000336. The van der Waals surface area contributed by atoms with E-state index < -0.39 is 0 Å². The number of para-hydroxylation sites is 1. The summed E-state index contributed by atoms with van der Waals surface area (Å²) in [6.07, 6.45) is 13.0. The SMILES string of the molecule is Cl.NCCCCCCCCCCCCNCc1c2c(nc3ccccc13)-c1cc3ccccc3c(=O)n1C2. The van der Waals surface area contributed by atoms with Crippen molar-refractivity contribution in [2.24, 2.45) is 5.73 Å². The van der Waals surface area contributed by atoms with Gasteiger partial charge in [0.05, 0.1) is 23.4 Å². The van der Waals surface area contributed by atoms with Gasteiger partial charge in [-0.1, -0.05) is 87.8 Å². The maximum atomic E-state index is 13.3. The first-order valence-electron chi connectivity index (χ1n) is 14.2. The molecule has 6 heteroatoms. The molecule has 0 unspecified atom stereocenters. The van der Waals surface area contributed by atoms with Gasteiger partial charge < -0.3 is 15.6 Å². The number of halogens is 1. The van der Waals surface area contributed by atoms with Crippen LogP contribution in [0.4, 0.5) is 0 Å². The Kier molecular flexibility index (Phi) is 10.3. The number of nitrogens with one attached hydrogen (secondary N) is 1. The van der Waals surface area contributed by atoms with Gasteiger partial charge in [0.25, 0.3) is 5.56 Å². The minimum atomic E-state index is 0. The van der Waals surface area contributed by atoms with E-state index in [4.69, 9.17) is 10.7 Å². The molecule has 0 aliphatic carbocycles. The highest BCUT2D eigenvalue weighted by Gasteiger charge is 2.26. The summed E-state index contributed by atoms with van der Waals surface area (Å²) in [6.45, 7) is 3.24. The third kappa shape index (κ3) is 6.28. The van der Waals surface area contributed by atoms with E-state index in [9.17, 15) is 4.79 Å². The van der Waals surface area contributed by atoms with E-state index in [0.29, 0.717) is 6.54 Å². The molecular formula is C32H41ClN4O. The average molecular weight is 533 g/mol. The average Bonchev–Trinajstić information content (AvgIpc) is 3.29. The molecule has 0 bridgehead atoms. The van der Waals surface area contributed by atoms with Crippen molar-refractivity contribution in [3.63, 3.8) is 0 Å². The zero-order valence-corrected chi connectivity index (χ0v) is 23.2. The third-order valence-corrected chi connectivity index (χ3v) is 7.80. The summed E-state index contributed by atoms with van der Waals surface area (Å²) in [5.74, 6) is 0. The summed E-state index contributed by atoms with van der Waals surface area (Å²) in [6, 6.07) is 18.4. The van der Waals surface area contributed by atoms with Gasteiger partial charge in [-0.2, -0.15) is 0 Å². The molecule has 3 heterocycles. The number of rotatable bonds is 14. The molecule has 5 rings (SSSR count). The Morgan fingerprint density at radius 3 is 2.18 bits per heavy atom. The zero-order valence-electron chi connectivity index (χ0n) is 22.4. The molecule has 0 atom stereocenters. The number of hydrogen-bond donors (Lipinski definition) is 2.